The van der Waals surface area contributed by atoms with Crippen LogP contribution in [0.2, 0.25) is 0 Å². The number of piperazine rings is 1. The molecule has 2 heterocycles. The van der Waals surface area contributed by atoms with Gasteiger partial charge < -0.3 is 10.2 Å². The molecule has 158 valence electrons. The summed E-state index contributed by atoms with van der Waals surface area (Å²) >= 11 is 0. The smallest absolute Gasteiger partial charge is 0.274 e. The first kappa shape index (κ1) is 22.4. The van der Waals surface area contributed by atoms with Crippen molar-refractivity contribution >= 4 is 11.8 Å². The van der Waals surface area contributed by atoms with Crippen molar-refractivity contribution in [3.05, 3.63) is 17.5 Å². The molecule has 0 spiro atoms. The van der Waals surface area contributed by atoms with Crippen LogP contribution in [-0.2, 0) is 10.3 Å². The highest BCUT2D eigenvalue weighted by molar-refractivity contribution is 5.92. The SMILES string of the molecule is CCC(C)NC(=O)CN1CCN(C(=O)c2cc(C(C)C)n(C(C)(C)C)n2)CC1. The molecular formula is C21H37N5O2. The molecule has 2 rings (SSSR count). The minimum atomic E-state index is -0.167. The van der Waals surface area contributed by atoms with E-state index in [0.717, 1.165) is 12.1 Å². The Morgan fingerprint density at radius 3 is 2.21 bits per heavy atom. The molecule has 7 heteroatoms. The molecule has 7 nitrogen and oxygen atoms in total. The topological polar surface area (TPSA) is 70.5 Å². The summed E-state index contributed by atoms with van der Waals surface area (Å²) in [5.41, 5.74) is 1.43. The Hall–Kier alpha value is -1.89. The number of nitrogens with one attached hydrogen (secondary N) is 1. The van der Waals surface area contributed by atoms with Crippen LogP contribution in [0.4, 0.5) is 0 Å². The average molecular weight is 392 g/mol. The molecular weight excluding hydrogens is 354 g/mol. The molecule has 1 saturated heterocycles. The second-order valence-electron chi connectivity index (χ2n) is 9.14. The van der Waals surface area contributed by atoms with Crippen molar-refractivity contribution in [2.45, 2.75) is 72.4 Å². The minimum Gasteiger partial charge on any atom is -0.353 e. The van der Waals surface area contributed by atoms with Gasteiger partial charge in [-0.05, 0) is 46.1 Å². The monoisotopic (exact) mass is 391 g/mol. The van der Waals surface area contributed by atoms with Gasteiger partial charge in [0, 0.05) is 37.9 Å². The maximum Gasteiger partial charge on any atom is 0.274 e. The van der Waals surface area contributed by atoms with E-state index in [1.54, 1.807) is 0 Å². The Bertz CT molecular complexity index is 681. The second kappa shape index (κ2) is 9.07. The third-order valence-corrected chi connectivity index (χ3v) is 5.23. The highest BCUT2D eigenvalue weighted by Gasteiger charge is 2.28. The Labute approximate surface area is 169 Å². The number of amides is 2. The molecule has 1 fully saturated rings. The molecule has 2 amide bonds. The number of carbonyl (C=O) groups excluding carboxylic acids is 2. The van der Waals surface area contributed by atoms with Gasteiger partial charge in [0.2, 0.25) is 5.91 Å². The van der Waals surface area contributed by atoms with E-state index in [-0.39, 0.29) is 23.4 Å². The fraction of sp³-hybridized carbons (Fsp3) is 0.762. The van der Waals surface area contributed by atoms with Crippen molar-refractivity contribution in [1.82, 2.24) is 24.9 Å². The molecule has 0 radical (unpaired) electrons. The van der Waals surface area contributed by atoms with Crippen LogP contribution in [0.1, 0.15) is 77.0 Å². The largest absolute Gasteiger partial charge is 0.353 e. The summed E-state index contributed by atoms with van der Waals surface area (Å²) < 4.78 is 1.97. The third-order valence-electron chi connectivity index (χ3n) is 5.23. The van der Waals surface area contributed by atoms with Gasteiger partial charge in [-0.25, -0.2) is 0 Å². The van der Waals surface area contributed by atoms with Crippen molar-refractivity contribution < 1.29 is 9.59 Å². The molecule has 0 aromatic carbocycles. The fourth-order valence-electron chi connectivity index (χ4n) is 3.35. The fourth-order valence-corrected chi connectivity index (χ4v) is 3.35. The summed E-state index contributed by atoms with van der Waals surface area (Å²) in [5.74, 6) is 0.336. The summed E-state index contributed by atoms with van der Waals surface area (Å²) in [5, 5.41) is 7.63. The lowest BCUT2D eigenvalue weighted by atomic mass is 10.1. The number of hydrogen-bond donors (Lipinski definition) is 1. The van der Waals surface area contributed by atoms with E-state index in [2.05, 4.69) is 56.9 Å². The molecule has 1 atom stereocenters. The van der Waals surface area contributed by atoms with E-state index < -0.39 is 0 Å². The van der Waals surface area contributed by atoms with E-state index in [1.165, 1.54) is 0 Å². The number of rotatable bonds is 6. The number of carbonyl (C=O) groups is 2. The van der Waals surface area contributed by atoms with Crippen LogP contribution in [0.3, 0.4) is 0 Å². The van der Waals surface area contributed by atoms with Gasteiger partial charge in [-0.3, -0.25) is 19.2 Å². The zero-order valence-corrected chi connectivity index (χ0v) is 18.6. The van der Waals surface area contributed by atoms with E-state index in [1.807, 2.05) is 22.6 Å². The molecule has 0 bridgehead atoms. The van der Waals surface area contributed by atoms with Crippen LogP contribution in [0.5, 0.6) is 0 Å². The van der Waals surface area contributed by atoms with Gasteiger partial charge in [0.05, 0.1) is 12.1 Å². The van der Waals surface area contributed by atoms with Gasteiger partial charge in [0.25, 0.3) is 5.91 Å². The van der Waals surface area contributed by atoms with E-state index in [9.17, 15) is 9.59 Å². The molecule has 0 aliphatic carbocycles. The highest BCUT2D eigenvalue weighted by atomic mass is 16.2. The number of hydrogen-bond acceptors (Lipinski definition) is 4. The van der Waals surface area contributed by atoms with Gasteiger partial charge in [0.1, 0.15) is 0 Å². The third kappa shape index (κ3) is 5.56. The summed E-state index contributed by atoms with van der Waals surface area (Å²) in [6.07, 6.45) is 0.924. The summed E-state index contributed by atoms with van der Waals surface area (Å²) in [4.78, 5) is 29.0. The van der Waals surface area contributed by atoms with Gasteiger partial charge in [-0.2, -0.15) is 5.10 Å². The molecule has 1 aromatic heterocycles. The predicted octanol–water partition coefficient (Wildman–Crippen LogP) is 2.43. The molecule has 1 N–H and O–H groups in total. The first-order chi connectivity index (χ1) is 13.0. The van der Waals surface area contributed by atoms with Crippen molar-refractivity contribution in [3.8, 4) is 0 Å². The highest BCUT2D eigenvalue weighted by Crippen LogP contribution is 2.24. The normalized spacial score (nSPS) is 17.1. The lowest BCUT2D eigenvalue weighted by molar-refractivity contribution is -0.123. The zero-order valence-electron chi connectivity index (χ0n) is 18.6. The van der Waals surface area contributed by atoms with E-state index >= 15 is 0 Å². The van der Waals surface area contributed by atoms with Crippen LogP contribution >= 0.6 is 0 Å². The lowest BCUT2D eigenvalue weighted by Gasteiger charge is -2.34. The molecule has 1 aliphatic heterocycles. The van der Waals surface area contributed by atoms with Crippen LogP contribution in [-0.4, -0.2) is 70.2 Å². The Balaban J connectivity index is 1.98. The van der Waals surface area contributed by atoms with Gasteiger partial charge in [0.15, 0.2) is 5.69 Å². The standard InChI is InChI=1S/C21H37N5O2/c1-8-16(4)22-19(27)14-24-9-11-25(12-10-24)20(28)17-13-18(15(2)3)26(23-17)21(5,6)7/h13,15-16H,8-12,14H2,1-7H3,(H,22,27). The van der Waals surface area contributed by atoms with Gasteiger partial charge in [-0.1, -0.05) is 20.8 Å². The van der Waals surface area contributed by atoms with E-state index in [0.29, 0.717) is 44.3 Å². The van der Waals surface area contributed by atoms with Crippen LogP contribution < -0.4 is 5.32 Å². The average Bonchev–Trinajstić information content (AvgIpc) is 3.07. The Kier molecular flexibility index (Phi) is 7.26. The molecule has 1 aliphatic rings. The first-order valence-corrected chi connectivity index (χ1v) is 10.4. The summed E-state index contributed by atoms with van der Waals surface area (Å²) in [6.45, 7) is 17.7. The zero-order chi connectivity index (χ0) is 21.1. The van der Waals surface area contributed by atoms with Gasteiger partial charge >= 0.3 is 0 Å². The molecule has 0 saturated carbocycles. The first-order valence-electron chi connectivity index (χ1n) is 10.4. The van der Waals surface area contributed by atoms with Crippen molar-refractivity contribution in [2.24, 2.45) is 0 Å². The Morgan fingerprint density at radius 2 is 1.75 bits per heavy atom. The quantitative estimate of drug-likeness (QED) is 0.809. The van der Waals surface area contributed by atoms with Crippen LogP contribution in [0.15, 0.2) is 6.07 Å². The minimum absolute atomic E-state index is 0.0198. The molecule has 1 aromatic rings. The Morgan fingerprint density at radius 1 is 1.14 bits per heavy atom. The van der Waals surface area contributed by atoms with Crippen molar-refractivity contribution in [1.29, 1.82) is 0 Å². The van der Waals surface area contributed by atoms with Crippen molar-refractivity contribution in [3.63, 3.8) is 0 Å². The lowest BCUT2D eigenvalue weighted by Crippen LogP contribution is -2.51. The maximum absolute atomic E-state index is 13.0. The van der Waals surface area contributed by atoms with Crippen molar-refractivity contribution in [2.75, 3.05) is 32.7 Å². The second-order valence-corrected chi connectivity index (χ2v) is 9.14. The van der Waals surface area contributed by atoms with Crippen LogP contribution in [0, 0.1) is 0 Å². The maximum atomic E-state index is 13.0. The predicted molar refractivity (Wildman–Crippen MR) is 112 cm³/mol. The molecule has 28 heavy (non-hydrogen) atoms. The number of nitrogens with zero attached hydrogens (tertiary/aromatic N) is 4. The summed E-state index contributed by atoms with van der Waals surface area (Å²) in [7, 11) is 0. The summed E-state index contributed by atoms with van der Waals surface area (Å²) in [6, 6.07) is 2.13. The van der Waals surface area contributed by atoms with Crippen LogP contribution in [0.25, 0.3) is 0 Å². The van der Waals surface area contributed by atoms with Gasteiger partial charge in [-0.15, -0.1) is 0 Å². The number of aromatic nitrogens is 2. The molecule has 1 unspecified atom stereocenters. The van der Waals surface area contributed by atoms with E-state index in [4.69, 9.17) is 0 Å².